The minimum absolute atomic E-state index is 0.0783. The maximum atomic E-state index is 11.8. The van der Waals surface area contributed by atoms with Crippen LogP contribution in [0.3, 0.4) is 0 Å². The van der Waals surface area contributed by atoms with Gasteiger partial charge in [0.1, 0.15) is 4.90 Å². The SMILES string of the molecule is CNS(=O)(=O)c1ccc(N(CCCO)C(C)C)cc1N. The lowest BCUT2D eigenvalue weighted by Crippen LogP contribution is -2.32. The summed E-state index contributed by atoms with van der Waals surface area (Å²) in [5, 5.41) is 8.94. The van der Waals surface area contributed by atoms with Crippen molar-refractivity contribution in [2.24, 2.45) is 0 Å². The summed E-state index contributed by atoms with van der Waals surface area (Å²) in [6.07, 6.45) is 0.647. The Kier molecular flexibility index (Phi) is 5.79. The third-order valence-electron chi connectivity index (χ3n) is 3.06. The second-order valence-corrected chi connectivity index (χ2v) is 6.65. The molecule has 0 fully saturated rings. The molecular formula is C13H23N3O3S. The molecule has 0 radical (unpaired) electrons. The Morgan fingerprint density at radius 3 is 2.50 bits per heavy atom. The Morgan fingerprint density at radius 1 is 1.40 bits per heavy atom. The molecule has 0 aliphatic carbocycles. The summed E-state index contributed by atoms with van der Waals surface area (Å²) in [5.41, 5.74) is 6.92. The van der Waals surface area contributed by atoms with Crippen molar-refractivity contribution in [3.63, 3.8) is 0 Å². The van der Waals surface area contributed by atoms with Crippen LogP contribution >= 0.6 is 0 Å². The fraction of sp³-hybridized carbons (Fsp3) is 0.538. The van der Waals surface area contributed by atoms with E-state index in [0.29, 0.717) is 13.0 Å². The van der Waals surface area contributed by atoms with Gasteiger partial charge < -0.3 is 15.7 Å². The number of rotatable bonds is 7. The molecule has 20 heavy (non-hydrogen) atoms. The lowest BCUT2D eigenvalue weighted by Gasteiger charge is -2.29. The molecule has 0 aromatic heterocycles. The van der Waals surface area contributed by atoms with Gasteiger partial charge in [0, 0.05) is 24.9 Å². The number of sulfonamides is 1. The zero-order valence-corrected chi connectivity index (χ0v) is 12.9. The highest BCUT2D eigenvalue weighted by atomic mass is 32.2. The molecular weight excluding hydrogens is 278 g/mol. The van der Waals surface area contributed by atoms with E-state index in [1.165, 1.54) is 13.1 Å². The first kappa shape index (κ1) is 16.7. The quantitative estimate of drug-likeness (QED) is 0.647. The van der Waals surface area contributed by atoms with Crippen LogP contribution in [-0.4, -0.2) is 39.8 Å². The molecule has 1 aromatic rings. The number of nitrogens with zero attached hydrogens (tertiary/aromatic N) is 1. The molecule has 0 aliphatic rings. The largest absolute Gasteiger partial charge is 0.398 e. The maximum absolute atomic E-state index is 11.8. The van der Waals surface area contributed by atoms with Crippen molar-refractivity contribution in [1.82, 2.24) is 4.72 Å². The molecule has 0 aliphatic heterocycles. The molecule has 0 bridgehead atoms. The van der Waals surface area contributed by atoms with E-state index in [-0.39, 0.29) is 23.2 Å². The normalized spacial score (nSPS) is 11.8. The number of nitrogens with two attached hydrogens (primary N) is 1. The molecule has 0 amide bonds. The second kappa shape index (κ2) is 6.92. The summed E-state index contributed by atoms with van der Waals surface area (Å²) >= 11 is 0. The number of aliphatic hydroxyl groups is 1. The molecule has 1 rings (SSSR count). The topological polar surface area (TPSA) is 95.7 Å². The maximum Gasteiger partial charge on any atom is 0.242 e. The molecule has 0 unspecified atom stereocenters. The van der Waals surface area contributed by atoms with Gasteiger partial charge in [-0.3, -0.25) is 0 Å². The van der Waals surface area contributed by atoms with E-state index in [9.17, 15) is 8.42 Å². The van der Waals surface area contributed by atoms with Gasteiger partial charge in [-0.2, -0.15) is 0 Å². The molecule has 0 saturated carbocycles. The van der Waals surface area contributed by atoms with Crippen LogP contribution in [-0.2, 0) is 10.0 Å². The Labute approximate surface area is 120 Å². The van der Waals surface area contributed by atoms with Crippen molar-refractivity contribution < 1.29 is 13.5 Å². The van der Waals surface area contributed by atoms with Gasteiger partial charge in [0.15, 0.2) is 0 Å². The lowest BCUT2D eigenvalue weighted by molar-refractivity contribution is 0.288. The molecule has 0 atom stereocenters. The van der Waals surface area contributed by atoms with Gasteiger partial charge in [-0.15, -0.1) is 0 Å². The van der Waals surface area contributed by atoms with E-state index in [4.69, 9.17) is 10.8 Å². The second-order valence-electron chi connectivity index (χ2n) is 4.79. The van der Waals surface area contributed by atoms with Crippen LogP contribution in [0.5, 0.6) is 0 Å². The van der Waals surface area contributed by atoms with Gasteiger partial charge in [-0.05, 0) is 45.5 Å². The molecule has 4 N–H and O–H groups in total. The zero-order valence-electron chi connectivity index (χ0n) is 12.1. The highest BCUT2D eigenvalue weighted by Gasteiger charge is 2.17. The zero-order chi connectivity index (χ0) is 15.3. The molecule has 0 heterocycles. The first-order chi connectivity index (χ1) is 9.33. The summed E-state index contributed by atoms with van der Waals surface area (Å²) in [6, 6.07) is 5.12. The first-order valence-corrected chi connectivity index (χ1v) is 8.02. The van der Waals surface area contributed by atoms with Crippen LogP contribution in [0, 0.1) is 0 Å². The predicted molar refractivity (Wildman–Crippen MR) is 81.3 cm³/mol. The molecule has 1 aromatic carbocycles. The van der Waals surface area contributed by atoms with E-state index in [1.807, 2.05) is 13.8 Å². The minimum atomic E-state index is -3.54. The van der Waals surface area contributed by atoms with E-state index in [2.05, 4.69) is 9.62 Å². The first-order valence-electron chi connectivity index (χ1n) is 6.54. The standard InChI is InChI=1S/C13H23N3O3S/c1-10(2)16(7-4-8-17)11-5-6-13(12(14)9-11)20(18,19)15-3/h5-6,9-10,15,17H,4,7-8,14H2,1-3H3. The summed E-state index contributed by atoms with van der Waals surface area (Å²) in [4.78, 5) is 2.15. The average Bonchev–Trinajstić information content (AvgIpc) is 2.38. The van der Waals surface area contributed by atoms with E-state index < -0.39 is 10.0 Å². The molecule has 7 heteroatoms. The summed E-state index contributed by atoms with van der Waals surface area (Å²) in [6.45, 7) is 4.87. The summed E-state index contributed by atoms with van der Waals surface area (Å²) in [5.74, 6) is 0. The highest BCUT2D eigenvalue weighted by molar-refractivity contribution is 7.89. The highest BCUT2D eigenvalue weighted by Crippen LogP contribution is 2.26. The van der Waals surface area contributed by atoms with Gasteiger partial charge >= 0.3 is 0 Å². The predicted octanol–water partition coefficient (Wildman–Crippen LogP) is 0.774. The number of hydrogen-bond donors (Lipinski definition) is 3. The third kappa shape index (κ3) is 3.84. The third-order valence-corrected chi connectivity index (χ3v) is 4.55. The van der Waals surface area contributed by atoms with Gasteiger partial charge in [0.25, 0.3) is 0 Å². The van der Waals surface area contributed by atoms with Gasteiger partial charge in [-0.1, -0.05) is 0 Å². The van der Waals surface area contributed by atoms with E-state index in [0.717, 1.165) is 5.69 Å². The van der Waals surface area contributed by atoms with Crippen LogP contribution < -0.4 is 15.4 Å². The van der Waals surface area contributed by atoms with Crippen molar-refractivity contribution in [2.75, 3.05) is 30.8 Å². The van der Waals surface area contributed by atoms with Crippen LogP contribution in [0.1, 0.15) is 20.3 Å². The van der Waals surface area contributed by atoms with E-state index in [1.54, 1.807) is 12.1 Å². The number of aliphatic hydroxyl groups excluding tert-OH is 1. The number of anilines is 2. The van der Waals surface area contributed by atoms with E-state index >= 15 is 0 Å². The van der Waals surface area contributed by atoms with Gasteiger partial charge in [0.05, 0.1) is 5.69 Å². The Bertz CT molecular complexity index is 544. The Balaban J connectivity index is 3.12. The average molecular weight is 301 g/mol. The van der Waals surface area contributed by atoms with Gasteiger partial charge in [0.2, 0.25) is 10.0 Å². The smallest absolute Gasteiger partial charge is 0.242 e. The Morgan fingerprint density at radius 2 is 2.05 bits per heavy atom. The van der Waals surface area contributed by atoms with Crippen molar-refractivity contribution in [3.8, 4) is 0 Å². The van der Waals surface area contributed by atoms with Crippen LogP contribution in [0.4, 0.5) is 11.4 Å². The van der Waals surface area contributed by atoms with Crippen LogP contribution in [0.2, 0.25) is 0 Å². The van der Waals surface area contributed by atoms with Crippen molar-refractivity contribution in [2.45, 2.75) is 31.2 Å². The molecule has 6 nitrogen and oxygen atoms in total. The summed E-state index contributed by atoms with van der Waals surface area (Å²) < 4.78 is 25.8. The van der Waals surface area contributed by atoms with Crippen molar-refractivity contribution in [3.05, 3.63) is 18.2 Å². The van der Waals surface area contributed by atoms with Crippen LogP contribution in [0.25, 0.3) is 0 Å². The minimum Gasteiger partial charge on any atom is -0.398 e. The summed E-state index contributed by atoms with van der Waals surface area (Å²) in [7, 11) is -2.19. The lowest BCUT2D eigenvalue weighted by atomic mass is 10.2. The van der Waals surface area contributed by atoms with Crippen LogP contribution in [0.15, 0.2) is 23.1 Å². The molecule has 0 spiro atoms. The fourth-order valence-corrected chi connectivity index (χ4v) is 2.83. The molecule has 114 valence electrons. The van der Waals surface area contributed by atoms with Crippen molar-refractivity contribution in [1.29, 1.82) is 0 Å². The number of hydrogen-bond acceptors (Lipinski definition) is 5. The van der Waals surface area contributed by atoms with Gasteiger partial charge in [-0.25, -0.2) is 13.1 Å². The Hall–Kier alpha value is -1.31. The fourth-order valence-electron chi connectivity index (χ4n) is 2.00. The number of nitrogens with one attached hydrogen (secondary N) is 1. The van der Waals surface area contributed by atoms with Crippen molar-refractivity contribution >= 4 is 21.4 Å². The monoisotopic (exact) mass is 301 g/mol. The molecule has 0 saturated heterocycles. The number of nitrogen functional groups attached to an aromatic ring is 1. The number of benzene rings is 1.